The van der Waals surface area contributed by atoms with Crippen LogP contribution in [0.2, 0.25) is 0 Å². The monoisotopic (exact) mass is 360 g/mol. The van der Waals surface area contributed by atoms with Crippen LogP contribution in [0, 0.1) is 0 Å². The van der Waals surface area contributed by atoms with E-state index >= 15 is 0 Å². The highest BCUT2D eigenvalue weighted by Crippen LogP contribution is 2.31. The van der Waals surface area contributed by atoms with E-state index in [0.717, 1.165) is 12.8 Å². The van der Waals surface area contributed by atoms with Crippen LogP contribution in [0.4, 0.5) is 5.69 Å². The number of carbonyl (C=O) groups excluding carboxylic acids is 1. The number of benzene rings is 1. The predicted octanol–water partition coefficient (Wildman–Crippen LogP) is 1.95. The van der Waals surface area contributed by atoms with E-state index in [9.17, 15) is 9.59 Å². The van der Waals surface area contributed by atoms with Gasteiger partial charge < -0.3 is 9.73 Å². The summed E-state index contributed by atoms with van der Waals surface area (Å²) in [6.07, 6.45) is 4.53. The van der Waals surface area contributed by atoms with Gasteiger partial charge in [0.05, 0.1) is 17.3 Å². The molecule has 130 valence electrons. The van der Waals surface area contributed by atoms with E-state index < -0.39 is 5.76 Å². The molecule has 0 aliphatic heterocycles. The van der Waals surface area contributed by atoms with Crippen LogP contribution < -0.4 is 11.1 Å². The fourth-order valence-electron chi connectivity index (χ4n) is 3.02. The number of hydrogen-bond donors (Lipinski definition) is 2. The molecule has 3 aromatic rings. The Kier molecular flexibility index (Phi) is 4.26. The molecule has 10 heteroatoms. The molecular weight excluding hydrogens is 344 g/mol. The number of H-pyrrole nitrogens is 1. The van der Waals surface area contributed by atoms with Gasteiger partial charge in [-0.15, -0.1) is 5.10 Å². The number of amides is 1. The number of hydrogen-bond acceptors (Lipinski definition) is 7. The average Bonchev–Trinajstić information content (AvgIpc) is 3.31. The third-order valence-corrected chi connectivity index (χ3v) is 5.10. The Hall–Kier alpha value is -2.62. The first-order valence-electron chi connectivity index (χ1n) is 8.02. The maximum Gasteiger partial charge on any atom is 0.417 e. The van der Waals surface area contributed by atoms with Gasteiger partial charge in [0.25, 0.3) is 0 Å². The second-order valence-corrected chi connectivity index (χ2v) is 6.85. The highest BCUT2D eigenvalue weighted by molar-refractivity contribution is 7.99. The molecule has 4 rings (SSSR count). The molecule has 1 aliphatic rings. The third-order valence-electron chi connectivity index (χ3n) is 4.17. The number of oxazole rings is 1. The molecular formula is C15H16N6O3S. The van der Waals surface area contributed by atoms with Gasteiger partial charge in [-0.25, -0.2) is 9.48 Å². The Bertz CT molecular complexity index is 955. The van der Waals surface area contributed by atoms with Gasteiger partial charge in [-0.1, -0.05) is 24.6 Å². The smallest absolute Gasteiger partial charge is 0.408 e. The van der Waals surface area contributed by atoms with Gasteiger partial charge in [-0.2, -0.15) is 0 Å². The van der Waals surface area contributed by atoms with Crippen LogP contribution in [0.15, 0.2) is 32.6 Å². The molecule has 0 atom stereocenters. The molecule has 25 heavy (non-hydrogen) atoms. The van der Waals surface area contributed by atoms with Crippen molar-refractivity contribution in [2.24, 2.45) is 0 Å². The number of nitrogens with one attached hydrogen (secondary N) is 2. The summed E-state index contributed by atoms with van der Waals surface area (Å²) in [5.41, 5.74) is 1.58. The summed E-state index contributed by atoms with van der Waals surface area (Å²) in [7, 11) is 0. The number of aromatic nitrogens is 5. The number of nitrogens with zero attached hydrogens (tertiary/aromatic N) is 4. The summed E-state index contributed by atoms with van der Waals surface area (Å²) in [5, 5.41) is 15.3. The van der Waals surface area contributed by atoms with Crippen molar-refractivity contribution in [3.8, 4) is 0 Å². The molecule has 9 nitrogen and oxygen atoms in total. The van der Waals surface area contributed by atoms with Crippen LogP contribution in [0.5, 0.6) is 0 Å². The number of rotatable bonds is 5. The van der Waals surface area contributed by atoms with Crippen LogP contribution in [0.3, 0.4) is 0 Å². The summed E-state index contributed by atoms with van der Waals surface area (Å²) in [4.78, 5) is 25.9. The van der Waals surface area contributed by atoms with E-state index in [1.807, 2.05) is 4.68 Å². The second-order valence-electron chi connectivity index (χ2n) is 5.91. The van der Waals surface area contributed by atoms with Crippen molar-refractivity contribution in [1.82, 2.24) is 25.2 Å². The Morgan fingerprint density at radius 2 is 2.24 bits per heavy atom. The highest BCUT2D eigenvalue weighted by Gasteiger charge is 2.22. The van der Waals surface area contributed by atoms with E-state index in [2.05, 4.69) is 25.8 Å². The van der Waals surface area contributed by atoms with E-state index in [1.165, 1.54) is 24.6 Å². The minimum atomic E-state index is -0.521. The number of anilines is 1. The van der Waals surface area contributed by atoms with Gasteiger partial charge in [-0.05, 0) is 41.5 Å². The summed E-state index contributed by atoms with van der Waals surface area (Å²) in [6, 6.07) is 5.31. The lowest BCUT2D eigenvalue weighted by Gasteiger charge is -2.10. The van der Waals surface area contributed by atoms with Gasteiger partial charge in [0.1, 0.15) is 0 Å². The second kappa shape index (κ2) is 6.71. The first-order valence-corrected chi connectivity index (χ1v) is 9.01. The summed E-state index contributed by atoms with van der Waals surface area (Å²) in [5.74, 6) is -0.489. The van der Waals surface area contributed by atoms with E-state index in [-0.39, 0.29) is 11.7 Å². The largest absolute Gasteiger partial charge is 0.417 e. The SMILES string of the molecule is O=C(CSc1nnnn1C1CCCC1)Nc1ccc2oc(=O)[nH]c2c1. The number of thioether (sulfide) groups is 1. The van der Waals surface area contributed by atoms with Crippen LogP contribution in [-0.4, -0.2) is 36.9 Å². The fraction of sp³-hybridized carbons (Fsp3) is 0.400. The van der Waals surface area contributed by atoms with Crippen molar-refractivity contribution in [3.63, 3.8) is 0 Å². The van der Waals surface area contributed by atoms with Gasteiger partial charge in [0.2, 0.25) is 11.1 Å². The minimum Gasteiger partial charge on any atom is -0.408 e. The Labute approximate surface area is 146 Å². The fourth-order valence-corrected chi connectivity index (χ4v) is 3.76. The van der Waals surface area contributed by atoms with E-state index in [1.54, 1.807) is 18.2 Å². The maximum atomic E-state index is 12.2. The van der Waals surface area contributed by atoms with Crippen molar-refractivity contribution in [2.75, 3.05) is 11.1 Å². The minimum absolute atomic E-state index is 0.170. The standard InChI is InChI=1S/C15H16N6O3S/c22-13(16-9-5-6-12-11(7-9)17-15(23)24-12)8-25-14-18-19-20-21(14)10-3-1-2-4-10/h5-7,10H,1-4,8H2,(H,16,22)(H,17,23). The topological polar surface area (TPSA) is 119 Å². The average molecular weight is 360 g/mol. The van der Waals surface area contributed by atoms with E-state index in [4.69, 9.17) is 4.42 Å². The molecule has 0 radical (unpaired) electrons. The predicted molar refractivity (Wildman–Crippen MR) is 91.5 cm³/mol. The number of tetrazole rings is 1. The molecule has 0 bridgehead atoms. The van der Waals surface area contributed by atoms with Gasteiger partial charge in [-0.3, -0.25) is 9.78 Å². The lowest BCUT2D eigenvalue weighted by molar-refractivity contribution is -0.113. The maximum absolute atomic E-state index is 12.2. The van der Waals surface area contributed by atoms with Gasteiger partial charge in [0.15, 0.2) is 5.58 Å². The molecule has 1 fully saturated rings. The normalized spacial score (nSPS) is 15.0. The number of aromatic amines is 1. The van der Waals surface area contributed by atoms with Gasteiger partial charge >= 0.3 is 5.76 Å². The Morgan fingerprint density at radius 1 is 1.40 bits per heavy atom. The molecule has 2 aromatic heterocycles. The number of carbonyl (C=O) groups is 1. The molecule has 1 amide bonds. The van der Waals surface area contributed by atoms with Crippen LogP contribution in [-0.2, 0) is 4.79 Å². The third kappa shape index (κ3) is 3.43. The lowest BCUT2D eigenvalue weighted by Crippen LogP contribution is -2.15. The first kappa shape index (κ1) is 15.9. The first-order chi connectivity index (χ1) is 12.2. The molecule has 1 aliphatic carbocycles. The quantitative estimate of drug-likeness (QED) is 0.667. The molecule has 2 heterocycles. The molecule has 0 unspecified atom stereocenters. The Morgan fingerprint density at radius 3 is 3.08 bits per heavy atom. The van der Waals surface area contributed by atoms with Crippen molar-refractivity contribution in [1.29, 1.82) is 0 Å². The summed E-state index contributed by atoms with van der Waals surface area (Å²) >= 11 is 1.31. The summed E-state index contributed by atoms with van der Waals surface area (Å²) in [6.45, 7) is 0. The zero-order chi connectivity index (χ0) is 17.2. The van der Waals surface area contributed by atoms with Crippen molar-refractivity contribution < 1.29 is 9.21 Å². The van der Waals surface area contributed by atoms with Crippen molar-refractivity contribution in [3.05, 3.63) is 28.7 Å². The summed E-state index contributed by atoms with van der Waals surface area (Å²) < 4.78 is 6.76. The highest BCUT2D eigenvalue weighted by atomic mass is 32.2. The van der Waals surface area contributed by atoms with Crippen LogP contribution in [0.1, 0.15) is 31.7 Å². The lowest BCUT2D eigenvalue weighted by atomic mass is 10.3. The van der Waals surface area contributed by atoms with Crippen LogP contribution in [0.25, 0.3) is 11.1 Å². The van der Waals surface area contributed by atoms with Crippen LogP contribution >= 0.6 is 11.8 Å². The zero-order valence-electron chi connectivity index (χ0n) is 13.3. The molecule has 2 N–H and O–H groups in total. The molecule has 0 saturated heterocycles. The molecule has 1 aromatic carbocycles. The van der Waals surface area contributed by atoms with E-state index in [0.29, 0.717) is 28.0 Å². The molecule has 1 saturated carbocycles. The van der Waals surface area contributed by atoms with Crippen molar-refractivity contribution >= 4 is 34.5 Å². The Balaban J connectivity index is 1.39. The van der Waals surface area contributed by atoms with Gasteiger partial charge in [0, 0.05) is 5.69 Å². The zero-order valence-corrected chi connectivity index (χ0v) is 14.1. The van der Waals surface area contributed by atoms with Crippen molar-refractivity contribution in [2.45, 2.75) is 36.9 Å². The number of fused-ring (bicyclic) bond motifs is 1. The molecule has 0 spiro atoms.